The maximum absolute atomic E-state index is 12.5. The standard InChI is InChI=1S/C20H18N6O/c1-14(15-6-8-18(9-7-15)26-13-21-12-23-26)24-20(27)17-4-2-16(3-5-17)19-10-11-22-25-19/h2-14H,1H3,(H,22,25)(H,24,27)/t14-/m1/s1. The first-order chi connectivity index (χ1) is 13.2. The van der Waals surface area contributed by atoms with Gasteiger partial charge in [-0.05, 0) is 48.4 Å². The van der Waals surface area contributed by atoms with Gasteiger partial charge in [0.1, 0.15) is 12.7 Å². The quantitative estimate of drug-likeness (QED) is 0.574. The maximum Gasteiger partial charge on any atom is 0.251 e. The van der Waals surface area contributed by atoms with Crippen LogP contribution < -0.4 is 5.32 Å². The van der Waals surface area contributed by atoms with Crippen LogP contribution in [-0.4, -0.2) is 30.9 Å². The predicted octanol–water partition coefficient (Wildman–Crippen LogP) is 3.15. The smallest absolute Gasteiger partial charge is 0.251 e. The summed E-state index contributed by atoms with van der Waals surface area (Å²) in [6, 6.07) is 17.1. The molecule has 2 aromatic carbocycles. The minimum atomic E-state index is -0.116. The van der Waals surface area contributed by atoms with Gasteiger partial charge in [0, 0.05) is 11.8 Å². The Hall–Kier alpha value is -3.74. The summed E-state index contributed by atoms with van der Waals surface area (Å²) in [5, 5.41) is 14.0. The van der Waals surface area contributed by atoms with Gasteiger partial charge in [-0.25, -0.2) is 9.67 Å². The Morgan fingerprint density at radius 2 is 1.85 bits per heavy atom. The lowest BCUT2D eigenvalue weighted by molar-refractivity contribution is 0.0940. The summed E-state index contributed by atoms with van der Waals surface area (Å²) in [6.45, 7) is 1.96. The van der Waals surface area contributed by atoms with E-state index in [2.05, 4.69) is 25.6 Å². The fraction of sp³-hybridized carbons (Fsp3) is 0.100. The minimum Gasteiger partial charge on any atom is -0.346 e. The van der Waals surface area contributed by atoms with Gasteiger partial charge in [-0.15, -0.1) is 0 Å². The predicted molar refractivity (Wildman–Crippen MR) is 101 cm³/mol. The number of H-pyrrole nitrogens is 1. The number of benzene rings is 2. The molecule has 0 aliphatic carbocycles. The molecule has 0 bridgehead atoms. The van der Waals surface area contributed by atoms with Crippen LogP contribution in [0.5, 0.6) is 0 Å². The van der Waals surface area contributed by atoms with Crippen molar-refractivity contribution in [2.24, 2.45) is 0 Å². The first-order valence-corrected chi connectivity index (χ1v) is 8.56. The van der Waals surface area contributed by atoms with Crippen molar-refractivity contribution in [3.8, 4) is 16.9 Å². The molecule has 2 heterocycles. The van der Waals surface area contributed by atoms with Gasteiger partial charge in [-0.3, -0.25) is 9.89 Å². The Bertz CT molecular complexity index is 1010. The summed E-state index contributed by atoms with van der Waals surface area (Å²) < 4.78 is 1.69. The number of aromatic nitrogens is 5. The third-order valence-corrected chi connectivity index (χ3v) is 4.38. The number of carbonyl (C=O) groups is 1. The van der Waals surface area contributed by atoms with Gasteiger partial charge < -0.3 is 5.32 Å². The van der Waals surface area contributed by atoms with Crippen LogP contribution in [0.2, 0.25) is 0 Å². The summed E-state index contributed by atoms with van der Waals surface area (Å²) in [7, 11) is 0. The van der Waals surface area contributed by atoms with Gasteiger partial charge in [-0.2, -0.15) is 10.2 Å². The van der Waals surface area contributed by atoms with Crippen molar-refractivity contribution >= 4 is 5.91 Å². The largest absolute Gasteiger partial charge is 0.346 e. The van der Waals surface area contributed by atoms with Gasteiger partial charge >= 0.3 is 0 Å². The molecule has 7 heteroatoms. The van der Waals surface area contributed by atoms with E-state index in [1.54, 1.807) is 17.2 Å². The molecular weight excluding hydrogens is 340 g/mol. The lowest BCUT2D eigenvalue weighted by Crippen LogP contribution is -2.26. The van der Waals surface area contributed by atoms with E-state index >= 15 is 0 Å². The molecular formula is C20H18N6O. The molecule has 0 aliphatic rings. The summed E-state index contributed by atoms with van der Waals surface area (Å²) in [5.74, 6) is -0.112. The molecule has 0 spiro atoms. The fourth-order valence-corrected chi connectivity index (χ4v) is 2.84. The zero-order chi connectivity index (χ0) is 18.6. The van der Waals surface area contributed by atoms with Crippen molar-refractivity contribution in [2.45, 2.75) is 13.0 Å². The summed E-state index contributed by atoms with van der Waals surface area (Å²) >= 11 is 0. The summed E-state index contributed by atoms with van der Waals surface area (Å²) in [6.07, 6.45) is 4.84. The average Bonchev–Trinajstić information content (AvgIpc) is 3.42. The number of nitrogens with one attached hydrogen (secondary N) is 2. The Labute approximate surface area is 156 Å². The van der Waals surface area contributed by atoms with E-state index in [0.717, 1.165) is 22.5 Å². The molecule has 0 aliphatic heterocycles. The third kappa shape index (κ3) is 3.62. The molecule has 0 unspecified atom stereocenters. The molecule has 0 fully saturated rings. The number of rotatable bonds is 5. The van der Waals surface area contributed by atoms with Crippen LogP contribution in [0.15, 0.2) is 73.4 Å². The van der Waals surface area contributed by atoms with Crippen LogP contribution in [0.1, 0.15) is 28.9 Å². The van der Waals surface area contributed by atoms with E-state index < -0.39 is 0 Å². The highest BCUT2D eigenvalue weighted by Crippen LogP contribution is 2.18. The molecule has 7 nitrogen and oxygen atoms in total. The molecule has 4 rings (SSSR count). The van der Waals surface area contributed by atoms with Gasteiger partial charge in [0.25, 0.3) is 5.91 Å². The van der Waals surface area contributed by atoms with Crippen LogP contribution in [0.3, 0.4) is 0 Å². The highest BCUT2D eigenvalue weighted by atomic mass is 16.1. The van der Waals surface area contributed by atoms with Crippen LogP contribution in [0.25, 0.3) is 16.9 Å². The van der Waals surface area contributed by atoms with Gasteiger partial charge in [-0.1, -0.05) is 24.3 Å². The van der Waals surface area contributed by atoms with E-state index in [9.17, 15) is 4.79 Å². The number of hydrogen-bond acceptors (Lipinski definition) is 4. The Morgan fingerprint density at radius 1 is 1.07 bits per heavy atom. The summed E-state index contributed by atoms with van der Waals surface area (Å²) in [5.41, 5.74) is 4.46. The van der Waals surface area contributed by atoms with Crippen molar-refractivity contribution in [2.75, 3.05) is 0 Å². The monoisotopic (exact) mass is 358 g/mol. The van der Waals surface area contributed by atoms with Gasteiger partial charge in [0.2, 0.25) is 0 Å². The van der Waals surface area contributed by atoms with Gasteiger partial charge in [0.15, 0.2) is 0 Å². The Morgan fingerprint density at radius 3 is 2.48 bits per heavy atom. The van der Waals surface area contributed by atoms with Crippen molar-refractivity contribution in [3.63, 3.8) is 0 Å². The Kier molecular flexibility index (Phi) is 4.49. The Balaban J connectivity index is 1.43. The van der Waals surface area contributed by atoms with Gasteiger partial charge in [0.05, 0.1) is 17.4 Å². The second-order valence-electron chi connectivity index (χ2n) is 6.17. The lowest BCUT2D eigenvalue weighted by Gasteiger charge is -2.15. The van der Waals surface area contributed by atoms with Crippen LogP contribution in [0, 0.1) is 0 Å². The summed E-state index contributed by atoms with van der Waals surface area (Å²) in [4.78, 5) is 16.5. The van der Waals surface area contributed by atoms with Crippen molar-refractivity contribution in [1.29, 1.82) is 0 Å². The zero-order valence-corrected chi connectivity index (χ0v) is 14.7. The number of hydrogen-bond donors (Lipinski definition) is 2. The first kappa shape index (κ1) is 16.7. The molecule has 4 aromatic rings. The number of amides is 1. The van der Waals surface area contributed by atoms with E-state index in [1.165, 1.54) is 6.33 Å². The maximum atomic E-state index is 12.5. The highest BCUT2D eigenvalue weighted by molar-refractivity contribution is 5.94. The first-order valence-electron chi connectivity index (χ1n) is 8.56. The third-order valence-electron chi connectivity index (χ3n) is 4.38. The van der Waals surface area contributed by atoms with Crippen molar-refractivity contribution < 1.29 is 4.79 Å². The van der Waals surface area contributed by atoms with Crippen molar-refractivity contribution in [3.05, 3.63) is 84.6 Å². The van der Waals surface area contributed by atoms with E-state index in [4.69, 9.17) is 0 Å². The molecule has 2 aromatic heterocycles. The highest BCUT2D eigenvalue weighted by Gasteiger charge is 2.12. The molecule has 1 amide bonds. The molecule has 134 valence electrons. The number of aromatic amines is 1. The molecule has 0 radical (unpaired) electrons. The molecule has 0 saturated carbocycles. The second kappa shape index (κ2) is 7.25. The average molecular weight is 358 g/mol. The zero-order valence-electron chi connectivity index (χ0n) is 14.7. The SMILES string of the molecule is C[C@@H](NC(=O)c1ccc(-c2ccn[nH]2)cc1)c1ccc(-n2cncn2)cc1. The topological polar surface area (TPSA) is 88.5 Å². The minimum absolute atomic E-state index is 0.112. The second-order valence-corrected chi connectivity index (χ2v) is 6.17. The number of nitrogens with zero attached hydrogens (tertiary/aromatic N) is 4. The van der Waals surface area contributed by atoms with E-state index in [0.29, 0.717) is 5.56 Å². The molecule has 27 heavy (non-hydrogen) atoms. The van der Waals surface area contributed by atoms with Crippen LogP contribution >= 0.6 is 0 Å². The molecule has 2 N–H and O–H groups in total. The number of carbonyl (C=O) groups excluding carboxylic acids is 1. The fourth-order valence-electron chi connectivity index (χ4n) is 2.84. The van der Waals surface area contributed by atoms with Crippen molar-refractivity contribution in [1.82, 2.24) is 30.3 Å². The molecule has 1 atom stereocenters. The lowest BCUT2D eigenvalue weighted by atomic mass is 10.1. The molecule has 0 saturated heterocycles. The normalized spacial score (nSPS) is 11.9. The van der Waals surface area contributed by atoms with E-state index in [-0.39, 0.29) is 11.9 Å². The van der Waals surface area contributed by atoms with Crippen LogP contribution in [0.4, 0.5) is 0 Å². The van der Waals surface area contributed by atoms with E-state index in [1.807, 2.05) is 61.5 Å². The van der Waals surface area contributed by atoms with Crippen LogP contribution in [-0.2, 0) is 0 Å².